The van der Waals surface area contributed by atoms with E-state index in [-0.39, 0.29) is 18.1 Å². The standard InChI is InChI=1S/C18H21Cl2FN2O2/c1-12(19)5-2-9-16(21)15(8-4-10-24)17(22)18(25)23-14-7-3-6-13(20)11-14/h2-3,5-7,9,11,15,17,24H,1,4,8,10,22H2,(H,23,25)/b5-2-,16-9-. The lowest BCUT2D eigenvalue weighted by Crippen LogP contribution is -2.42. The van der Waals surface area contributed by atoms with Gasteiger partial charge in [0.05, 0.1) is 6.04 Å². The second kappa shape index (κ2) is 11.1. The van der Waals surface area contributed by atoms with Gasteiger partial charge in [0, 0.05) is 28.3 Å². The molecule has 25 heavy (non-hydrogen) atoms. The van der Waals surface area contributed by atoms with Gasteiger partial charge in [-0.25, -0.2) is 4.39 Å². The van der Waals surface area contributed by atoms with Crippen LogP contribution in [0.15, 0.2) is 59.9 Å². The van der Waals surface area contributed by atoms with Crippen molar-refractivity contribution < 1.29 is 14.3 Å². The summed E-state index contributed by atoms with van der Waals surface area (Å²) in [5.74, 6) is -1.99. The van der Waals surface area contributed by atoms with E-state index in [0.717, 1.165) is 0 Å². The molecular formula is C18H21Cl2FN2O2. The van der Waals surface area contributed by atoms with Crippen LogP contribution in [-0.4, -0.2) is 23.7 Å². The van der Waals surface area contributed by atoms with E-state index in [1.807, 2.05) is 0 Å². The van der Waals surface area contributed by atoms with Gasteiger partial charge in [0.1, 0.15) is 5.83 Å². The monoisotopic (exact) mass is 386 g/mol. The summed E-state index contributed by atoms with van der Waals surface area (Å²) in [5, 5.41) is 12.3. The molecule has 0 spiro atoms. The van der Waals surface area contributed by atoms with Crippen LogP contribution >= 0.6 is 23.2 Å². The molecule has 1 aromatic carbocycles. The molecule has 0 aliphatic heterocycles. The van der Waals surface area contributed by atoms with Gasteiger partial charge in [-0.1, -0.05) is 41.9 Å². The molecule has 0 fully saturated rings. The third kappa shape index (κ3) is 7.84. The number of hydrogen-bond donors (Lipinski definition) is 3. The molecule has 0 bridgehead atoms. The number of halogens is 3. The predicted octanol–water partition coefficient (Wildman–Crippen LogP) is 4.16. The van der Waals surface area contributed by atoms with E-state index in [0.29, 0.717) is 17.1 Å². The molecule has 1 amide bonds. The van der Waals surface area contributed by atoms with E-state index >= 15 is 0 Å². The quantitative estimate of drug-likeness (QED) is 0.557. The zero-order chi connectivity index (χ0) is 18.8. The van der Waals surface area contributed by atoms with E-state index in [1.165, 1.54) is 18.2 Å². The maximum absolute atomic E-state index is 14.4. The van der Waals surface area contributed by atoms with Crippen LogP contribution in [0.3, 0.4) is 0 Å². The van der Waals surface area contributed by atoms with Crippen LogP contribution in [0.25, 0.3) is 0 Å². The van der Waals surface area contributed by atoms with Gasteiger partial charge in [0.25, 0.3) is 0 Å². The Bertz CT molecular complexity index is 662. The maximum Gasteiger partial charge on any atom is 0.242 e. The Kier molecular flexibility index (Phi) is 9.45. The van der Waals surface area contributed by atoms with Crippen LogP contribution in [0.2, 0.25) is 5.02 Å². The fraction of sp³-hybridized carbons (Fsp3) is 0.278. The molecule has 4 nitrogen and oxygen atoms in total. The highest BCUT2D eigenvalue weighted by Crippen LogP contribution is 2.23. The highest BCUT2D eigenvalue weighted by Gasteiger charge is 2.28. The first-order valence-corrected chi connectivity index (χ1v) is 8.41. The van der Waals surface area contributed by atoms with Gasteiger partial charge in [-0.3, -0.25) is 4.79 Å². The minimum Gasteiger partial charge on any atom is -0.396 e. The fourth-order valence-electron chi connectivity index (χ4n) is 2.14. The Hall–Kier alpha value is -1.66. The van der Waals surface area contributed by atoms with Crippen molar-refractivity contribution >= 4 is 34.8 Å². The zero-order valence-electron chi connectivity index (χ0n) is 13.6. The van der Waals surface area contributed by atoms with Crippen molar-refractivity contribution in [1.82, 2.24) is 0 Å². The van der Waals surface area contributed by atoms with Gasteiger partial charge < -0.3 is 16.2 Å². The minimum absolute atomic E-state index is 0.124. The molecule has 1 aromatic rings. The van der Waals surface area contributed by atoms with Crippen LogP contribution in [0.5, 0.6) is 0 Å². The van der Waals surface area contributed by atoms with Crippen molar-refractivity contribution in [1.29, 1.82) is 0 Å². The first-order chi connectivity index (χ1) is 11.8. The van der Waals surface area contributed by atoms with Crippen LogP contribution in [0, 0.1) is 5.92 Å². The minimum atomic E-state index is -1.13. The molecule has 0 aromatic heterocycles. The fourth-order valence-corrected chi connectivity index (χ4v) is 2.41. The molecule has 0 aliphatic rings. The number of benzene rings is 1. The molecule has 2 unspecified atom stereocenters. The third-order valence-corrected chi connectivity index (χ3v) is 3.75. The SMILES string of the molecule is C=C(Cl)/C=C\C=C(/F)C(CCCO)C(N)C(=O)Nc1cccc(Cl)c1. The molecule has 4 N–H and O–H groups in total. The first-order valence-electron chi connectivity index (χ1n) is 7.66. The molecule has 136 valence electrons. The van der Waals surface area contributed by atoms with Crippen molar-refractivity contribution in [3.63, 3.8) is 0 Å². The van der Waals surface area contributed by atoms with Crippen molar-refractivity contribution in [2.45, 2.75) is 18.9 Å². The summed E-state index contributed by atoms with van der Waals surface area (Å²) in [6.45, 7) is 3.33. The molecule has 1 rings (SSSR count). The number of nitrogens with one attached hydrogen (secondary N) is 1. The summed E-state index contributed by atoms with van der Waals surface area (Å²) in [6, 6.07) is 5.43. The number of aliphatic hydroxyl groups is 1. The summed E-state index contributed by atoms with van der Waals surface area (Å²) < 4.78 is 14.4. The molecule has 0 radical (unpaired) electrons. The smallest absolute Gasteiger partial charge is 0.242 e. The summed E-state index contributed by atoms with van der Waals surface area (Å²) in [7, 11) is 0. The molecule has 0 saturated heterocycles. The van der Waals surface area contributed by atoms with Crippen LogP contribution in [0.4, 0.5) is 10.1 Å². The van der Waals surface area contributed by atoms with Gasteiger partial charge >= 0.3 is 0 Å². The van der Waals surface area contributed by atoms with Crippen molar-refractivity contribution in [2.75, 3.05) is 11.9 Å². The summed E-state index contributed by atoms with van der Waals surface area (Å²) in [6.07, 6.45) is 4.52. The Balaban J connectivity index is 2.88. The second-order valence-corrected chi connectivity index (χ2v) is 6.28. The lowest BCUT2D eigenvalue weighted by atomic mass is 9.92. The van der Waals surface area contributed by atoms with E-state index in [9.17, 15) is 9.18 Å². The average Bonchev–Trinajstić information content (AvgIpc) is 2.54. The van der Waals surface area contributed by atoms with Crippen LogP contribution in [-0.2, 0) is 4.79 Å². The number of hydrogen-bond acceptors (Lipinski definition) is 3. The van der Waals surface area contributed by atoms with E-state index < -0.39 is 23.7 Å². The molecular weight excluding hydrogens is 366 g/mol. The number of carbonyl (C=O) groups is 1. The van der Waals surface area contributed by atoms with Crippen molar-refractivity contribution in [3.05, 3.63) is 65.0 Å². The highest BCUT2D eigenvalue weighted by molar-refractivity contribution is 6.31. The Labute approximate surface area is 156 Å². The van der Waals surface area contributed by atoms with E-state index in [4.69, 9.17) is 34.0 Å². The number of rotatable bonds is 9. The van der Waals surface area contributed by atoms with Gasteiger partial charge in [0.15, 0.2) is 0 Å². The van der Waals surface area contributed by atoms with Gasteiger partial charge in [0.2, 0.25) is 5.91 Å². The second-order valence-electron chi connectivity index (χ2n) is 5.36. The number of nitrogens with two attached hydrogens (primary N) is 1. The third-order valence-electron chi connectivity index (χ3n) is 3.39. The predicted molar refractivity (Wildman–Crippen MR) is 101 cm³/mol. The number of anilines is 1. The average molecular weight is 387 g/mol. The largest absolute Gasteiger partial charge is 0.396 e. The maximum atomic E-state index is 14.4. The number of carbonyl (C=O) groups excluding carboxylic acids is 1. The molecule has 2 atom stereocenters. The normalized spacial score (nSPS) is 14.4. The first kappa shape index (κ1) is 21.4. The summed E-state index contributed by atoms with van der Waals surface area (Å²) >= 11 is 11.4. The Morgan fingerprint density at radius 3 is 2.80 bits per heavy atom. The van der Waals surface area contributed by atoms with Gasteiger partial charge in [-0.05, 0) is 43.2 Å². The summed E-state index contributed by atoms with van der Waals surface area (Å²) in [5.41, 5.74) is 6.41. The van der Waals surface area contributed by atoms with Crippen molar-refractivity contribution in [3.8, 4) is 0 Å². The zero-order valence-corrected chi connectivity index (χ0v) is 15.1. The van der Waals surface area contributed by atoms with Gasteiger partial charge in [-0.15, -0.1) is 0 Å². The van der Waals surface area contributed by atoms with Crippen molar-refractivity contribution in [2.24, 2.45) is 11.7 Å². The molecule has 7 heteroatoms. The summed E-state index contributed by atoms with van der Waals surface area (Å²) in [4.78, 5) is 12.3. The highest BCUT2D eigenvalue weighted by atomic mass is 35.5. The van der Waals surface area contributed by atoms with Crippen LogP contribution < -0.4 is 11.1 Å². The number of allylic oxidation sites excluding steroid dienone is 4. The Morgan fingerprint density at radius 1 is 1.48 bits per heavy atom. The van der Waals surface area contributed by atoms with Gasteiger partial charge in [-0.2, -0.15) is 0 Å². The molecule has 0 heterocycles. The topological polar surface area (TPSA) is 75.3 Å². The number of aliphatic hydroxyl groups excluding tert-OH is 1. The molecule has 0 aliphatic carbocycles. The lowest BCUT2D eigenvalue weighted by Gasteiger charge is -2.21. The van der Waals surface area contributed by atoms with Crippen LogP contribution in [0.1, 0.15) is 12.8 Å². The lowest BCUT2D eigenvalue weighted by molar-refractivity contribution is -0.118. The van der Waals surface area contributed by atoms with E-state index in [2.05, 4.69) is 11.9 Å². The number of amides is 1. The Morgan fingerprint density at radius 2 is 2.20 bits per heavy atom. The molecule has 0 saturated carbocycles. The van der Waals surface area contributed by atoms with E-state index in [1.54, 1.807) is 24.3 Å².